The van der Waals surface area contributed by atoms with Crippen molar-refractivity contribution in [1.29, 1.82) is 0 Å². The highest BCUT2D eigenvalue weighted by atomic mass is 19.4. The van der Waals surface area contributed by atoms with Gasteiger partial charge in [0.1, 0.15) is 0 Å². The summed E-state index contributed by atoms with van der Waals surface area (Å²) in [6, 6.07) is -0.579. The second kappa shape index (κ2) is 10.2. The number of anilines is 2. The molecule has 4 heterocycles. The minimum Gasteiger partial charge on any atom is -0.374 e. The molecule has 2 saturated heterocycles. The lowest BCUT2D eigenvalue weighted by molar-refractivity contribution is -0.138. The molecular formula is C23H28F3N7O3. The van der Waals surface area contributed by atoms with Crippen LogP contribution in [-0.4, -0.2) is 68.5 Å². The summed E-state index contributed by atoms with van der Waals surface area (Å²) in [5.41, 5.74) is -0.320. The number of alkyl halides is 3. The van der Waals surface area contributed by atoms with Crippen LogP contribution in [0.5, 0.6) is 0 Å². The van der Waals surface area contributed by atoms with Crippen LogP contribution in [0.15, 0.2) is 23.4 Å². The first-order valence-corrected chi connectivity index (χ1v) is 11.8. The lowest BCUT2D eigenvalue weighted by Gasteiger charge is -2.36. The molecule has 10 nitrogen and oxygen atoms in total. The van der Waals surface area contributed by atoms with E-state index in [1.807, 2.05) is 9.80 Å². The first kappa shape index (κ1) is 25.6. The van der Waals surface area contributed by atoms with Crippen molar-refractivity contribution in [3.05, 3.63) is 40.1 Å². The Morgan fingerprint density at radius 2 is 1.81 bits per heavy atom. The van der Waals surface area contributed by atoms with Gasteiger partial charge in [0, 0.05) is 56.0 Å². The number of nitrogens with one attached hydrogen (secondary N) is 2. The van der Waals surface area contributed by atoms with Crippen LogP contribution in [-0.2, 0) is 15.8 Å². The van der Waals surface area contributed by atoms with Crippen molar-refractivity contribution >= 4 is 23.3 Å². The number of Topliss-reactive ketones (excluding diaryl/α,β-unsaturated/α-hetero) is 1. The molecule has 13 heteroatoms. The number of hydrogen-bond acceptors (Lipinski definition) is 8. The first-order chi connectivity index (χ1) is 17.0. The Kier molecular flexibility index (Phi) is 7.27. The van der Waals surface area contributed by atoms with Crippen molar-refractivity contribution in [2.24, 2.45) is 5.92 Å². The lowest BCUT2D eigenvalue weighted by Crippen LogP contribution is -2.46. The molecule has 2 aliphatic heterocycles. The standard InChI is InChI=1S/C23H28F3N7O3/c1-13-18(12-29-31-20(13)35)30-14(2)19(34)9-15-3-8-33(21(15)36)17-4-6-32(7-5-17)22-27-10-16(11-28-22)23(24,25)26/h10-12,14-15,17H,3-9H2,1-2H3,(H2,30,31,35)/t14-,15-/m0/s1. The number of halogens is 3. The lowest BCUT2D eigenvalue weighted by atomic mass is 9.97. The highest BCUT2D eigenvalue weighted by molar-refractivity contribution is 5.92. The summed E-state index contributed by atoms with van der Waals surface area (Å²) >= 11 is 0. The van der Waals surface area contributed by atoms with E-state index in [1.165, 1.54) is 6.20 Å². The Morgan fingerprint density at radius 3 is 2.44 bits per heavy atom. The SMILES string of the molecule is Cc1c(N[C@@H](C)C(=O)C[C@@H]2CCN(C3CCN(c4ncc(C(F)(F)F)cn4)CC3)C2=O)cn[nH]c1=O. The quantitative estimate of drug-likeness (QED) is 0.585. The largest absolute Gasteiger partial charge is 0.419 e. The number of hydrogen-bond donors (Lipinski definition) is 2. The third-order valence-electron chi connectivity index (χ3n) is 6.91. The van der Waals surface area contributed by atoms with E-state index in [-0.39, 0.29) is 35.7 Å². The van der Waals surface area contributed by atoms with E-state index in [4.69, 9.17) is 0 Å². The van der Waals surface area contributed by atoms with Gasteiger partial charge in [-0.1, -0.05) is 0 Å². The van der Waals surface area contributed by atoms with Gasteiger partial charge in [-0.2, -0.15) is 18.3 Å². The summed E-state index contributed by atoms with van der Waals surface area (Å²) in [5.74, 6) is -0.320. The summed E-state index contributed by atoms with van der Waals surface area (Å²) in [6.45, 7) is 4.94. The molecule has 2 N–H and O–H groups in total. The van der Waals surface area contributed by atoms with Gasteiger partial charge in [0.05, 0.1) is 23.5 Å². The number of likely N-dealkylation sites (tertiary alicyclic amines) is 1. The topological polar surface area (TPSA) is 124 Å². The van der Waals surface area contributed by atoms with Gasteiger partial charge in [0.2, 0.25) is 11.9 Å². The number of H-pyrrole nitrogens is 1. The molecular weight excluding hydrogens is 479 g/mol. The average molecular weight is 508 g/mol. The number of aromatic amines is 1. The van der Waals surface area contributed by atoms with Crippen molar-refractivity contribution in [3.63, 3.8) is 0 Å². The molecule has 4 rings (SSSR count). The Hall–Kier alpha value is -3.51. The molecule has 0 aliphatic carbocycles. The van der Waals surface area contributed by atoms with Crippen LogP contribution in [0.3, 0.4) is 0 Å². The molecule has 0 unspecified atom stereocenters. The molecule has 1 amide bonds. The molecule has 2 aromatic rings. The second-order valence-corrected chi connectivity index (χ2v) is 9.28. The number of carbonyl (C=O) groups excluding carboxylic acids is 2. The summed E-state index contributed by atoms with van der Waals surface area (Å²) in [6.07, 6.45) is 0.512. The Balaban J connectivity index is 1.28. The van der Waals surface area contributed by atoms with Gasteiger partial charge in [0.25, 0.3) is 5.56 Å². The zero-order valence-electron chi connectivity index (χ0n) is 20.0. The number of aromatic nitrogens is 4. The Morgan fingerprint density at radius 1 is 1.14 bits per heavy atom. The third kappa shape index (κ3) is 5.49. The summed E-state index contributed by atoms with van der Waals surface area (Å²) in [5, 5.41) is 9.08. The molecule has 2 atom stereocenters. The maximum Gasteiger partial charge on any atom is 0.419 e. The summed E-state index contributed by atoms with van der Waals surface area (Å²) in [4.78, 5) is 48.9. The van der Waals surface area contributed by atoms with Gasteiger partial charge in [-0.25, -0.2) is 15.1 Å². The van der Waals surface area contributed by atoms with Gasteiger partial charge in [-0.3, -0.25) is 14.4 Å². The molecule has 0 bridgehead atoms. The molecule has 2 fully saturated rings. The third-order valence-corrected chi connectivity index (χ3v) is 6.91. The van der Waals surface area contributed by atoms with Crippen molar-refractivity contribution in [1.82, 2.24) is 25.1 Å². The van der Waals surface area contributed by atoms with E-state index < -0.39 is 23.7 Å². The maximum absolute atomic E-state index is 13.1. The van der Waals surface area contributed by atoms with Gasteiger partial charge in [-0.15, -0.1) is 0 Å². The van der Waals surface area contributed by atoms with Crippen LogP contribution in [0.25, 0.3) is 0 Å². The van der Waals surface area contributed by atoms with E-state index in [1.54, 1.807) is 13.8 Å². The monoisotopic (exact) mass is 507 g/mol. The molecule has 0 saturated carbocycles. The van der Waals surface area contributed by atoms with Gasteiger partial charge in [-0.05, 0) is 33.1 Å². The Bertz CT molecular complexity index is 1160. The van der Waals surface area contributed by atoms with E-state index >= 15 is 0 Å². The molecule has 0 radical (unpaired) electrons. The highest BCUT2D eigenvalue weighted by Gasteiger charge is 2.39. The number of piperidine rings is 1. The highest BCUT2D eigenvalue weighted by Crippen LogP contribution is 2.31. The second-order valence-electron chi connectivity index (χ2n) is 9.28. The van der Waals surface area contributed by atoms with E-state index in [9.17, 15) is 27.6 Å². The normalized spacial score (nSPS) is 20.0. The number of nitrogens with zero attached hydrogens (tertiary/aromatic N) is 5. The summed E-state index contributed by atoms with van der Waals surface area (Å²) < 4.78 is 38.2. The van der Waals surface area contributed by atoms with E-state index in [2.05, 4.69) is 25.5 Å². The fraction of sp³-hybridized carbons (Fsp3) is 0.565. The number of carbonyl (C=O) groups is 2. The molecule has 194 valence electrons. The van der Waals surface area contributed by atoms with Crippen LogP contribution in [0.1, 0.15) is 43.7 Å². The molecule has 0 aromatic carbocycles. The fourth-order valence-corrected chi connectivity index (χ4v) is 4.66. The fourth-order valence-electron chi connectivity index (χ4n) is 4.66. The van der Waals surface area contributed by atoms with Crippen molar-refractivity contribution in [2.45, 2.75) is 57.8 Å². The summed E-state index contributed by atoms with van der Waals surface area (Å²) in [7, 11) is 0. The van der Waals surface area contributed by atoms with Gasteiger partial charge in [0.15, 0.2) is 5.78 Å². The van der Waals surface area contributed by atoms with Crippen molar-refractivity contribution in [2.75, 3.05) is 29.9 Å². The number of rotatable bonds is 7. The minimum absolute atomic E-state index is 0.00335. The van der Waals surface area contributed by atoms with Crippen molar-refractivity contribution < 1.29 is 22.8 Å². The molecule has 0 spiro atoms. The smallest absolute Gasteiger partial charge is 0.374 e. The predicted octanol–water partition coefficient (Wildman–Crippen LogP) is 2.16. The molecule has 2 aliphatic rings. The van der Waals surface area contributed by atoms with Crippen molar-refractivity contribution in [3.8, 4) is 0 Å². The van der Waals surface area contributed by atoms with Crippen LogP contribution >= 0.6 is 0 Å². The van der Waals surface area contributed by atoms with Crippen LogP contribution in [0.2, 0.25) is 0 Å². The van der Waals surface area contributed by atoms with Gasteiger partial charge >= 0.3 is 6.18 Å². The average Bonchev–Trinajstić information content (AvgIpc) is 3.21. The van der Waals surface area contributed by atoms with E-state index in [0.717, 1.165) is 12.4 Å². The molecule has 2 aromatic heterocycles. The minimum atomic E-state index is -4.48. The van der Waals surface area contributed by atoms with Gasteiger partial charge < -0.3 is 15.1 Å². The number of amides is 1. The Labute approximate surface area is 205 Å². The van der Waals surface area contributed by atoms with Crippen LogP contribution in [0, 0.1) is 12.8 Å². The van der Waals surface area contributed by atoms with Crippen LogP contribution < -0.4 is 15.8 Å². The van der Waals surface area contributed by atoms with Crippen LogP contribution in [0.4, 0.5) is 24.8 Å². The zero-order valence-corrected chi connectivity index (χ0v) is 20.0. The predicted molar refractivity (Wildman–Crippen MR) is 124 cm³/mol. The van der Waals surface area contributed by atoms with E-state index in [0.29, 0.717) is 50.1 Å². The zero-order chi connectivity index (χ0) is 26.0. The number of ketones is 1. The first-order valence-electron chi connectivity index (χ1n) is 11.8. The maximum atomic E-state index is 13.1. The molecule has 36 heavy (non-hydrogen) atoms.